The van der Waals surface area contributed by atoms with Crippen molar-refractivity contribution < 1.29 is 9.53 Å². The molecule has 2 rings (SSSR count). The first-order valence-electron chi connectivity index (χ1n) is 6.24. The van der Waals surface area contributed by atoms with Gasteiger partial charge in [-0.05, 0) is 66.8 Å². The molecule has 0 radical (unpaired) electrons. The Morgan fingerprint density at radius 2 is 1.85 bits per heavy atom. The highest BCUT2D eigenvalue weighted by atomic mass is 127. The van der Waals surface area contributed by atoms with Crippen LogP contribution in [0.4, 0.5) is 0 Å². The van der Waals surface area contributed by atoms with E-state index in [1.807, 2.05) is 38.1 Å². The highest BCUT2D eigenvalue weighted by molar-refractivity contribution is 14.1. The Bertz CT molecular complexity index is 638. The Morgan fingerprint density at radius 3 is 2.55 bits per heavy atom. The van der Waals surface area contributed by atoms with Crippen molar-refractivity contribution in [3.8, 4) is 5.75 Å². The smallest absolute Gasteiger partial charge is 0.197 e. The number of carbonyl (C=O) groups is 1. The zero-order valence-corrected chi connectivity index (χ0v) is 14.1. The molecule has 0 spiro atoms. The Kier molecular flexibility index (Phi) is 5.05. The van der Waals surface area contributed by atoms with Gasteiger partial charge in [0.25, 0.3) is 0 Å². The van der Waals surface area contributed by atoms with E-state index in [9.17, 15) is 4.79 Å². The third-order valence-corrected chi connectivity index (χ3v) is 3.84. The molecule has 2 aromatic carbocycles. The minimum absolute atomic E-state index is 0.0161. The molecule has 104 valence electrons. The first kappa shape index (κ1) is 15.3. The van der Waals surface area contributed by atoms with Gasteiger partial charge in [0.2, 0.25) is 0 Å². The van der Waals surface area contributed by atoms with E-state index in [0.717, 1.165) is 3.57 Å². The molecule has 20 heavy (non-hydrogen) atoms. The summed E-state index contributed by atoms with van der Waals surface area (Å²) >= 11 is 8.12. The predicted molar refractivity (Wildman–Crippen MR) is 89.8 cm³/mol. The molecule has 0 aliphatic carbocycles. The van der Waals surface area contributed by atoms with Crippen LogP contribution in [0, 0.1) is 3.57 Å². The van der Waals surface area contributed by atoms with Gasteiger partial charge in [0.05, 0.1) is 11.7 Å². The Hall–Kier alpha value is -1.07. The molecule has 0 atom stereocenters. The summed E-state index contributed by atoms with van der Waals surface area (Å²) in [5.74, 6) is 0.524. The van der Waals surface area contributed by atoms with Crippen LogP contribution in [0.25, 0.3) is 0 Å². The third kappa shape index (κ3) is 3.52. The van der Waals surface area contributed by atoms with Crippen LogP contribution in [-0.2, 0) is 0 Å². The summed E-state index contributed by atoms with van der Waals surface area (Å²) in [5.41, 5.74) is 1.15. The zero-order chi connectivity index (χ0) is 14.7. The molecule has 0 bridgehead atoms. The number of ether oxygens (including phenoxy) is 1. The van der Waals surface area contributed by atoms with Crippen LogP contribution in [0.1, 0.15) is 29.8 Å². The molecule has 2 aromatic rings. The maximum Gasteiger partial charge on any atom is 0.197 e. The van der Waals surface area contributed by atoms with Gasteiger partial charge in [-0.2, -0.15) is 0 Å². The quantitative estimate of drug-likeness (QED) is 0.535. The van der Waals surface area contributed by atoms with Crippen molar-refractivity contribution in [1.29, 1.82) is 0 Å². The van der Waals surface area contributed by atoms with Crippen molar-refractivity contribution in [2.24, 2.45) is 0 Å². The number of para-hydroxylation sites is 1. The SMILES string of the molecule is CC(C)Oc1ccccc1C(=O)c1cc(Cl)ccc1I. The molecule has 0 amide bonds. The van der Waals surface area contributed by atoms with E-state index >= 15 is 0 Å². The molecular formula is C16H14ClIO2. The van der Waals surface area contributed by atoms with Gasteiger partial charge >= 0.3 is 0 Å². The number of carbonyl (C=O) groups excluding carboxylic acids is 1. The minimum Gasteiger partial charge on any atom is -0.490 e. The van der Waals surface area contributed by atoms with E-state index in [1.54, 1.807) is 18.2 Å². The summed E-state index contributed by atoms with van der Waals surface area (Å²) in [4.78, 5) is 12.7. The molecule has 0 aliphatic rings. The van der Waals surface area contributed by atoms with Crippen LogP contribution in [0.3, 0.4) is 0 Å². The highest BCUT2D eigenvalue weighted by Gasteiger charge is 2.17. The summed E-state index contributed by atoms with van der Waals surface area (Å²) in [6.45, 7) is 3.87. The maximum absolute atomic E-state index is 12.7. The summed E-state index contributed by atoms with van der Waals surface area (Å²) in [5, 5.41) is 0.552. The third-order valence-electron chi connectivity index (χ3n) is 2.67. The number of benzene rings is 2. The van der Waals surface area contributed by atoms with E-state index in [1.165, 1.54) is 0 Å². The number of ketones is 1. The standard InChI is InChI=1S/C16H14ClIO2/c1-10(2)20-15-6-4-3-5-12(15)16(19)13-9-11(17)7-8-14(13)18/h3-10H,1-2H3. The molecule has 0 aliphatic heterocycles. The van der Waals surface area contributed by atoms with Crippen LogP contribution in [-0.4, -0.2) is 11.9 Å². The maximum atomic E-state index is 12.7. The second-order valence-electron chi connectivity index (χ2n) is 4.62. The first-order chi connectivity index (χ1) is 9.49. The molecule has 4 heteroatoms. The Labute approximate surface area is 137 Å². The van der Waals surface area contributed by atoms with Gasteiger partial charge in [0.15, 0.2) is 5.78 Å². The van der Waals surface area contributed by atoms with Crippen LogP contribution >= 0.6 is 34.2 Å². The summed E-state index contributed by atoms with van der Waals surface area (Å²) in [6.07, 6.45) is 0.0161. The lowest BCUT2D eigenvalue weighted by Gasteiger charge is -2.14. The second-order valence-corrected chi connectivity index (χ2v) is 6.21. The summed E-state index contributed by atoms with van der Waals surface area (Å²) in [7, 11) is 0. The number of rotatable bonds is 4. The van der Waals surface area contributed by atoms with Crippen molar-refractivity contribution in [2.75, 3.05) is 0 Å². The van der Waals surface area contributed by atoms with Crippen LogP contribution in [0.2, 0.25) is 5.02 Å². The molecule has 2 nitrogen and oxygen atoms in total. The number of hydrogen-bond acceptors (Lipinski definition) is 2. The predicted octanol–water partition coefficient (Wildman–Crippen LogP) is 4.96. The lowest BCUT2D eigenvalue weighted by molar-refractivity contribution is 0.103. The number of hydrogen-bond donors (Lipinski definition) is 0. The van der Waals surface area contributed by atoms with Crippen LogP contribution in [0.5, 0.6) is 5.75 Å². The fraction of sp³-hybridized carbons (Fsp3) is 0.188. The van der Waals surface area contributed by atoms with Gasteiger partial charge in [-0.15, -0.1) is 0 Å². The van der Waals surface area contributed by atoms with E-state index < -0.39 is 0 Å². The van der Waals surface area contributed by atoms with Gasteiger partial charge in [0, 0.05) is 14.2 Å². The van der Waals surface area contributed by atoms with Gasteiger partial charge in [-0.1, -0.05) is 23.7 Å². The summed E-state index contributed by atoms with van der Waals surface area (Å²) in [6, 6.07) is 12.6. The normalized spacial score (nSPS) is 10.7. The van der Waals surface area contributed by atoms with E-state index in [0.29, 0.717) is 21.9 Å². The fourth-order valence-corrected chi connectivity index (χ4v) is 2.58. The van der Waals surface area contributed by atoms with Gasteiger partial charge in [-0.3, -0.25) is 4.79 Å². The van der Waals surface area contributed by atoms with Crippen LogP contribution in [0.15, 0.2) is 42.5 Å². The second kappa shape index (κ2) is 6.59. The number of halogens is 2. The van der Waals surface area contributed by atoms with Gasteiger partial charge in [-0.25, -0.2) is 0 Å². The van der Waals surface area contributed by atoms with Crippen LogP contribution < -0.4 is 4.74 Å². The highest BCUT2D eigenvalue weighted by Crippen LogP contribution is 2.26. The lowest BCUT2D eigenvalue weighted by Crippen LogP contribution is -2.11. The van der Waals surface area contributed by atoms with Gasteiger partial charge < -0.3 is 4.74 Å². The molecule has 0 saturated heterocycles. The van der Waals surface area contributed by atoms with Crippen molar-refractivity contribution in [2.45, 2.75) is 20.0 Å². The van der Waals surface area contributed by atoms with E-state index in [-0.39, 0.29) is 11.9 Å². The Balaban J connectivity index is 2.45. The molecule has 0 unspecified atom stereocenters. The molecule has 0 saturated carbocycles. The average Bonchev–Trinajstić information content (AvgIpc) is 2.41. The van der Waals surface area contributed by atoms with Crippen molar-refractivity contribution in [3.05, 3.63) is 62.2 Å². The van der Waals surface area contributed by atoms with Crippen molar-refractivity contribution >= 4 is 40.0 Å². The van der Waals surface area contributed by atoms with Crippen molar-refractivity contribution in [3.63, 3.8) is 0 Å². The van der Waals surface area contributed by atoms with Gasteiger partial charge in [0.1, 0.15) is 5.75 Å². The molecule has 0 aromatic heterocycles. The zero-order valence-electron chi connectivity index (χ0n) is 11.2. The largest absolute Gasteiger partial charge is 0.490 e. The minimum atomic E-state index is -0.0758. The molecule has 0 heterocycles. The van der Waals surface area contributed by atoms with Crippen molar-refractivity contribution in [1.82, 2.24) is 0 Å². The summed E-state index contributed by atoms with van der Waals surface area (Å²) < 4.78 is 6.57. The van der Waals surface area contributed by atoms with E-state index in [4.69, 9.17) is 16.3 Å². The molecule has 0 N–H and O–H groups in total. The lowest BCUT2D eigenvalue weighted by atomic mass is 10.0. The average molecular weight is 401 g/mol. The monoisotopic (exact) mass is 400 g/mol. The Morgan fingerprint density at radius 1 is 1.15 bits per heavy atom. The fourth-order valence-electron chi connectivity index (χ4n) is 1.83. The molecule has 0 fully saturated rings. The first-order valence-corrected chi connectivity index (χ1v) is 7.70. The topological polar surface area (TPSA) is 26.3 Å². The molecular weight excluding hydrogens is 387 g/mol. The van der Waals surface area contributed by atoms with E-state index in [2.05, 4.69) is 22.6 Å².